The van der Waals surface area contributed by atoms with Gasteiger partial charge < -0.3 is 5.21 Å². The van der Waals surface area contributed by atoms with E-state index in [1.165, 1.54) is 11.5 Å². The Bertz CT molecular complexity index is 461. The highest BCUT2D eigenvalue weighted by Gasteiger charge is 2.41. The minimum absolute atomic E-state index is 0.0520. The van der Waals surface area contributed by atoms with Crippen molar-refractivity contribution in [1.82, 2.24) is 5.48 Å². The van der Waals surface area contributed by atoms with E-state index in [0.717, 1.165) is 21.4 Å². The molecule has 0 bridgehead atoms. The number of benzene rings is 1. The van der Waals surface area contributed by atoms with Crippen molar-refractivity contribution in [2.24, 2.45) is 0 Å². The van der Waals surface area contributed by atoms with Crippen LogP contribution in [0.25, 0.3) is 10.1 Å². The first-order valence-corrected chi connectivity index (χ1v) is 5.29. The third kappa shape index (κ3) is 2.04. The summed E-state index contributed by atoms with van der Waals surface area (Å²) in [6.45, 7) is 0. The molecule has 2 aromatic rings. The molecule has 1 aromatic heterocycles. The van der Waals surface area contributed by atoms with E-state index in [9.17, 15) is 13.2 Å². The zero-order valence-electron chi connectivity index (χ0n) is 7.95. The summed E-state index contributed by atoms with van der Waals surface area (Å²) >= 11 is 1.01. The van der Waals surface area contributed by atoms with Gasteiger partial charge in [-0.3, -0.25) is 0 Å². The van der Waals surface area contributed by atoms with Crippen LogP contribution in [0.15, 0.2) is 30.3 Å². The second kappa shape index (κ2) is 4.04. The molecule has 1 aromatic carbocycles. The largest absolute Gasteiger partial charge is 0.410 e. The number of thiophene rings is 1. The normalized spacial score (nSPS) is 14.2. The van der Waals surface area contributed by atoms with Gasteiger partial charge in [0, 0.05) is 9.58 Å². The average molecular weight is 247 g/mol. The maximum absolute atomic E-state index is 12.5. The van der Waals surface area contributed by atoms with Gasteiger partial charge in [0.2, 0.25) is 0 Å². The lowest BCUT2D eigenvalue weighted by Crippen LogP contribution is -2.31. The van der Waals surface area contributed by atoms with E-state index in [1.807, 2.05) is 0 Å². The Balaban J connectivity index is 2.46. The van der Waals surface area contributed by atoms with Gasteiger partial charge in [0.15, 0.2) is 6.04 Å². The minimum Gasteiger partial charge on any atom is -0.316 e. The summed E-state index contributed by atoms with van der Waals surface area (Å²) in [5.74, 6) is 0. The van der Waals surface area contributed by atoms with Crippen LogP contribution in [-0.4, -0.2) is 11.4 Å². The number of hydroxylamine groups is 1. The molecule has 1 atom stereocenters. The fourth-order valence-electron chi connectivity index (χ4n) is 1.44. The van der Waals surface area contributed by atoms with Crippen molar-refractivity contribution in [3.63, 3.8) is 0 Å². The lowest BCUT2D eigenvalue weighted by Gasteiger charge is -2.16. The van der Waals surface area contributed by atoms with Crippen molar-refractivity contribution >= 4 is 21.4 Å². The molecule has 16 heavy (non-hydrogen) atoms. The van der Waals surface area contributed by atoms with Gasteiger partial charge in [0.1, 0.15) is 0 Å². The average Bonchev–Trinajstić information content (AvgIpc) is 2.59. The second-order valence-corrected chi connectivity index (χ2v) is 4.41. The monoisotopic (exact) mass is 247 g/mol. The predicted molar refractivity (Wildman–Crippen MR) is 55.5 cm³/mol. The highest BCUT2D eigenvalue weighted by atomic mass is 32.1. The summed E-state index contributed by atoms with van der Waals surface area (Å²) in [7, 11) is 0. The maximum atomic E-state index is 12.5. The van der Waals surface area contributed by atoms with Gasteiger partial charge in [-0.2, -0.15) is 18.7 Å². The van der Waals surface area contributed by atoms with Crippen LogP contribution in [0.5, 0.6) is 0 Å². The molecule has 2 N–H and O–H groups in total. The van der Waals surface area contributed by atoms with Crippen LogP contribution in [0.3, 0.4) is 0 Å². The number of hydrogen-bond acceptors (Lipinski definition) is 3. The predicted octanol–water partition coefficient (Wildman–Crippen LogP) is 3.48. The zero-order chi connectivity index (χ0) is 11.8. The standard InChI is InChI=1S/C10H8F3NOS/c11-10(12,13)9(14-15)8-5-6-3-1-2-4-7(6)16-8/h1-5,9,14-15H. The molecule has 1 heterocycles. The highest BCUT2D eigenvalue weighted by Crippen LogP contribution is 2.38. The fraction of sp³-hybridized carbons (Fsp3) is 0.200. The summed E-state index contributed by atoms with van der Waals surface area (Å²) in [6, 6.07) is 6.41. The Hall–Kier alpha value is -1.11. The van der Waals surface area contributed by atoms with Gasteiger partial charge in [0.25, 0.3) is 0 Å². The molecule has 0 aliphatic carbocycles. The van der Waals surface area contributed by atoms with E-state index in [1.54, 1.807) is 24.3 Å². The van der Waals surface area contributed by atoms with Gasteiger partial charge in [-0.15, -0.1) is 11.3 Å². The molecule has 0 amide bonds. The lowest BCUT2D eigenvalue weighted by atomic mass is 10.2. The third-order valence-corrected chi connectivity index (χ3v) is 3.37. The molecule has 2 nitrogen and oxygen atoms in total. The van der Waals surface area contributed by atoms with Crippen LogP contribution in [0.4, 0.5) is 13.2 Å². The number of halogens is 3. The SMILES string of the molecule is ONC(c1cc2ccccc2s1)C(F)(F)F. The maximum Gasteiger partial charge on any atom is 0.410 e. The van der Waals surface area contributed by atoms with Gasteiger partial charge in [-0.1, -0.05) is 18.2 Å². The molecule has 6 heteroatoms. The zero-order valence-corrected chi connectivity index (χ0v) is 8.77. The molecule has 0 radical (unpaired) electrons. The van der Waals surface area contributed by atoms with E-state index in [0.29, 0.717) is 0 Å². The summed E-state index contributed by atoms with van der Waals surface area (Å²) in [4.78, 5) is 0.0520. The molecule has 0 aliphatic rings. The highest BCUT2D eigenvalue weighted by molar-refractivity contribution is 7.19. The number of nitrogens with one attached hydrogen (secondary N) is 1. The van der Waals surface area contributed by atoms with Gasteiger partial charge in [-0.25, -0.2) is 0 Å². The fourth-order valence-corrected chi connectivity index (χ4v) is 2.58. The van der Waals surface area contributed by atoms with Crippen molar-refractivity contribution in [2.45, 2.75) is 12.2 Å². The van der Waals surface area contributed by atoms with E-state index in [-0.39, 0.29) is 4.88 Å². The Morgan fingerprint density at radius 1 is 1.25 bits per heavy atom. The second-order valence-electron chi connectivity index (χ2n) is 3.29. The van der Waals surface area contributed by atoms with E-state index in [4.69, 9.17) is 5.21 Å². The van der Waals surface area contributed by atoms with Gasteiger partial charge in [0.05, 0.1) is 0 Å². The Labute approximate surface area is 93.3 Å². The molecule has 2 rings (SSSR count). The van der Waals surface area contributed by atoms with Crippen molar-refractivity contribution < 1.29 is 18.4 Å². The Morgan fingerprint density at radius 3 is 2.50 bits per heavy atom. The molecule has 0 saturated carbocycles. The summed E-state index contributed by atoms with van der Waals surface area (Å²) in [5.41, 5.74) is 1.30. The first-order chi connectivity index (χ1) is 7.52. The molecule has 1 unspecified atom stereocenters. The van der Waals surface area contributed by atoms with Crippen molar-refractivity contribution in [1.29, 1.82) is 0 Å². The van der Waals surface area contributed by atoms with Crippen molar-refractivity contribution in [3.8, 4) is 0 Å². The summed E-state index contributed by atoms with van der Waals surface area (Å²) in [5, 5.41) is 9.32. The van der Waals surface area contributed by atoms with Gasteiger partial charge in [-0.05, 0) is 17.5 Å². The first kappa shape index (κ1) is 11.4. The molecular formula is C10H8F3NOS. The molecule has 0 aliphatic heterocycles. The molecule has 0 spiro atoms. The quantitative estimate of drug-likeness (QED) is 0.796. The topological polar surface area (TPSA) is 32.3 Å². The molecule has 0 fully saturated rings. The van der Waals surface area contributed by atoms with Crippen LogP contribution < -0.4 is 5.48 Å². The molecular weight excluding hydrogens is 239 g/mol. The van der Waals surface area contributed by atoms with Crippen LogP contribution in [0.2, 0.25) is 0 Å². The van der Waals surface area contributed by atoms with E-state index >= 15 is 0 Å². The smallest absolute Gasteiger partial charge is 0.316 e. The van der Waals surface area contributed by atoms with Crippen LogP contribution in [0.1, 0.15) is 10.9 Å². The number of alkyl halides is 3. The Kier molecular flexibility index (Phi) is 2.88. The van der Waals surface area contributed by atoms with Crippen LogP contribution >= 0.6 is 11.3 Å². The Morgan fingerprint density at radius 2 is 1.94 bits per heavy atom. The molecule has 86 valence electrons. The minimum atomic E-state index is -4.50. The van der Waals surface area contributed by atoms with Gasteiger partial charge >= 0.3 is 6.18 Å². The van der Waals surface area contributed by atoms with Crippen molar-refractivity contribution in [3.05, 3.63) is 35.2 Å². The number of fused-ring (bicyclic) bond motifs is 1. The summed E-state index contributed by atoms with van der Waals surface area (Å²) < 4.78 is 38.3. The van der Waals surface area contributed by atoms with E-state index in [2.05, 4.69) is 0 Å². The first-order valence-electron chi connectivity index (χ1n) is 4.47. The van der Waals surface area contributed by atoms with Crippen molar-refractivity contribution in [2.75, 3.05) is 0 Å². The number of rotatable bonds is 2. The summed E-state index contributed by atoms with van der Waals surface area (Å²) in [6.07, 6.45) is -4.50. The lowest BCUT2D eigenvalue weighted by molar-refractivity contribution is -0.177. The van der Waals surface area contributed by atoms with Crippen LogP contribution in [0, 0.1) is 0 Å². The van der Waals surface area contributed by atoms with Crippen LogP contribution in [-0.2, 0) is 0 Å². The van der Waals surface area contributed by atoms with E-state index < -0.39 is 12.2 Å². The third-order valence-electron chi connectivity index (χ3n) is 2.19. The number of hydrogen-bond donors (Lipinski definition) is 2. The molecule has 0 saturated heterocycles.